The summed E-state index contributed by atoms with van der Waals surface area (Å²) < 4.78 is 6.00. The molecular formula is C23H22ClN3O2. The highest BCUT2D eigenvalue weighted by atomic mass is 35.5. The van der Waals surface area contributed by atoms with E-state index in [1.54, 1.807) is 6.07 Å². The van der Waals surface area contributed by atoms with Gasteiger partial charge in [-0.15, -0.1) is 0 Å². The Labute approximate surface area is 173 Å². The minimum absolute atomic E-state index is 0.0140. The lowest BCUT2D eigenvalue weighted by atomic mass is 9.73. The number of aromatic amines is 1. The van der Waals surface area contributed by atoms with Crippen molar-refractivity contribution in [2.24, 2.45) is 10.7 Å². The lowest BCUT2D eigenvalue weighted by molar-refractivity contribution is -0.137. The zero-order valence-corrected chi connectivity index (χ0v) is 16.7. The summed E-state index contributed by atoms with van der Waals surface area (Å²) in [5, 5.41) is 1.69. The lowest BCUT2D eigenvalue weighted by Crippen LogP contribution is -2.54. The van der Waals surface area contributed by atoms with E-state index < -0.39 is 17.7 Å². The maximum atomic E-state index is 13.2. The highest BCUT2D eigenvalue weighted by Crippen LogP contribution is 2.44. The second-order valence-corrected chi connectivity index (χ2v) is 8.23. The van der Waals surface area contributed by atoms with Gasteiger partial charge in [0.25, 0.3) is 0 Å². The molecule has 148 valence electrons. The number of hydrogen-bond donors (Lipinski definition) is 2. The van der Waals surface area contributed by atoms with E-state index in [-0.39, 0.29) is 5.78 Å². The Balaban J connectivity index is 1.53. The SMILES string of the molecule is NC(Cc1c[nH]c2ccccc12)C1=NC2(c3ccccc3Cl)CCCC(O1)C2=O. The number of carbonyl (C=O) groups is 1. The van der Waals surface area contributed by atoms with E-state index in [1.807, 2.05) is 42.6 Å². The number of Topliss-reactive ketones (excluding diaryl/α,β-unsaturated/α-hetero) is 1. The Hall–Kier alpha value is -2.63. The summed E-state index contributed by atoms with van der Waals surface area (Å²) in [6.07, 6.45) is 4.20. The number of rotatable bonds is 4. The standard InChI is InChI=1S/C23H22ClN3O2/c24-17-8-3-2-7-16(17)23-11-5-10-20(21(23)28)29-22(27-23)18(25)12-14-13-26-19-9-4-1-6-15(14)19/h1-4,6-9,13,18,20,26H,5,10-12,25H2. The highest BCUT2D eigenvalue weighted by molar-refractivity contribution is 6.32. The number of para-hydroxylation sites is 1. The molecule has 3 unspecified atom stereocenters. The average molecular weight is 408 g/mol. The van der Waals surface area contributed by atoms with Crippen LogP contribution in [0, 0.1) is 0 Å². The van der Waals surface area contributed by atoms with E-state index in [9.17, 15) is 4.79 Å². The number of H-pyrrole nitrogens is 1. The maximum Gasteiger partial charge on any atom is 0.205 e. The van der Waals surface area contributed by atoms with Crippen molar-refractivity contribution in [3.8, 4) is 0 Å². The number of halogens is 1. The van der Waals surface area contributed by atoms with E-state index in [0.717, 1.165) is 28.5 Å². The van der Waals surface area contributed by atoms with Gasteiger partial charge in [0, 0.05) is 27.7 Å². The third-order valence-corrected chi connectivity index (χ3v) is 6.35. The second-order valence-electron chi connectivity index (χ2n) is 7.82. The Morgan fingerprint density at radius 2 is 2.03 bits per heavy atom. The van der Waals surface area contributed by atoms with Crippen LogP contribution in [0.1, 0.15) is 30.4 Å². The normalized spacial score (nSPS) is 24.8. The number of nitrogens with zero attached hydrogens (tertiary/aromatic N) is 1. The van der Waals surface area contributed by atoms with Crippen molar-refractivity contribution < 1.29 is 9.53 Å². The number of fused-ring (bicyclic) bond motifs is 3. The van der Waals surface area contributed by atoms with E-state index in [2.05, 4.69) is 11.1 Å². The summed E-state index contributed by atoms with van der Waals surface area (Å²) in [4.78, 5) is 21.3. The largest absolute Gasteiger partial charge is 0.468 e. The third kappa shape index (κ3) is 2.96. The Kier molecular flexibility index (Phi) is 4.45. The van der Waals surface area contributed by atoms with Crippen LogP contribution >= 0.6 is 11.6 Å². The molecule has 6 heteroatoms. The van der Waals surface area contributed by atoms with Crippen molar-refractivity contribution in [2.75, 3.05) is 0 Å². The van der Waals surface area contributed by atoms with Gasteiger partial charge in [-0.05, 0) is 43.4 Å². The molecule has 1 saturated carbocycles. The van der Waals surface area contributed by atoms with Gasteiger partial charge in [0.15, 0.2) is 11.6 Å². The molecule has 2 aliphatic rings. The molecule has 3 aromatic rings. The van der Waals surface area contributed by atoms with E-state index in [4.69, 9.17) is 27.1 Å². The van der Waals surface area contributed by atoms with Crippen LogP contribution in [0.15, 0.2) is 59.7 Å². The van der Waals surface area contributed by atoms with Gasteiger partial charge in [-0.25, -0.2) is 4.99 Å². The monoisotopic (exact) mass is 407 g/mol. The van der Waals surface area contributed by atoms with Gasteiger partial charge >= 0.3 is 0 Å². The fourth-order valence-corrected chi connectivity index (χ4v) is 4.86. The van der Waals surface area contributed by atoms with Gasteiger partial charge in [0.05, 0.1) is 6.04 Å². The minimum Gasteiger partial charge on any atom is -0.468 e. The van der Waals surface area contributed by atoms with Gasteiger partial charge in [0.1, 0.15) is 0 Å². The van der Waals surface area contributed by atoms with Gasteiger partial charge in [-0.3, -0.25) is 4.79 Å². The molecule has 5 rings (SSSR count). The van der Waals surface area contributed by atoms with Crippen molar-refractivity contribution in [3.05, 3.63) is 70.9 Å². The zero-order valence-electron chi connectivity index (χ0n) is 15.9. The molecular weight excluding hydrogens is 386 g/mol. The third-order valence-electron chi connectivity index (χ3n) is 6.02. The van der Waals surface area contributed by atoms with Crippen LogP contribution in [-0.4, -0.2) is 28.8 Å². The van der Waals surface area contributed by atoms with Crippen LogP contribution in [0.4, 0.5) is 0 Å². The molecule has 1 fully saturated rings. The minimum atomic E-state index is -0.993. The average Bonchev–Trinajstić information content (AvgIpc) is 3.11. The molecule has 0 spiro atoms. The first kappa shape index (κ1) is 18.4. The molecule has 0 saturated heterocycles. The smallest absolute Gasteiger partial charge is 0.205 e. The molecule has 5 nitrogen and oxygen atoms in total. The van der Waals surface area contributed by atoms with Crippen molar-refractivity contribution in [3.63, 3.8) is 0 Å². The number of nitrogens with one attached hydrogen (secondary N) is 1. The first-order valence-electron chi connectivity index (χ1n) is 9.95. The molecule has 0 amide bonds. The summed E-state index contributed by atoms with van der Waals surface area (Å²) >= 11 is 6.47. The fourth-order valence-electron chi connectivity index (χ4n) is 4.57. The predicted molar refractivity (Wildman–Crippen MR) is 114 cm³/mol. The number of carbonyl (C=O) groups excluding carboxylic acids is 1. The summed E-state index contributed by atoms with van der Waals surface area (Å²) in [6, 6.07) is 15.1. The predicted octanol–water partition coefficient (Wildman–Crippen LogP) is 4.14. The molecule has 2 heterocycles. The number of nitrogens with two attached hydrogens (primary N) is 1. The molecule has 1 aliphatic carbocycles. The van der Waals surface area contributed by atoms with Crippen molar-refractivity contribution in [1.29, 1.82) is 0 Å². The molecule has 3 N–H and O–H groups in total. The number of benzene rings is 2. The molecule has 3 atom stereocenters. The topological polar surface area (TPSA) is 80.5 Å². The van der Waals surface area contributed by atoms with Crippen molar-refractivity contribution in [1.82, 2.24) is 4.98 Å². The Morgan fingerprint density at radius 3 is 2.90 bits per heavy atom. The second kappa shape index (κ2) is 7.01. The molecule has 2 bridgehead atoms. The van der Waals surface area contributed by atoms with Crippen LogP contribution in [0.3, 0.4) is 0 Å². The van der Waals surface area contributed by atoms with Gasteiger partial charge < -0.3 is 15.5 Å². The van der Waals surface area contributed by atoms with Gasteiger partial charge in [-0.2, -0.15) is 0 Å². The summed E-state index contributed by atoms with van der Waals surface area (Å²) in [7, 11) is 0. The number of ketones is 1. The van der Waals surface area contributed by atoms with Gasteiger partial charge in [-0.1, -0.05) is 48.0 Å². The quantitative estimate of drug-likeness (QED) is 0.682. The highest BCUT2D eigenvalue weighted by Gasteiger charge is 2.52. The fraction of sp³-hybridized carbons (Fsp3) is 0.304. The zero-order chi connectivity index (χ0) is 20.0. The summed E-state index contributed by atoms with van der Waals surface area (Å²) in [5.41, 5.74) is 8.47. The van der Waals surface area contributed by atoms with Crippen LogP contribution < -0.4 is 5.73 Å². The Bertz CT molecular complexity index is 1120. The lowest BCUT2D eigenvalue weighted by Gasteiger charge is -2.42. The molecule has 1 aromatic heterocycles. The number of ether oxygens (including phenoxy) is 1. The molecule has 0 radical (unpaired) electrons. The molecule has 29 heavy (non-hydrogen) atoms. The summed E-state index contributed by atoms with van der Waals surface area (Å²) in [5.74, 6) is 0.430. The van der Waals surface area contributed by atoms with E-state index in [0.29, 0.717) is 30.2 Å². The van der Waals surface area contributed by atoms with Crippen molar-refractivity contribution in [2.45, 2.75) is 43.4 Å². The number of hydrogen-bond acceptors (Lipinski definition) is 4. The number of aromatic nitrogens is 1. The first-order chi connectivity index (χ1) is 14.1. The van der Waals surface area contributed by atoms with E-state index in [1.165, 1.54) is 0 Å². The van der Waals surface area contributed by atoms with Crippen LogP contribution in [0.5, 0.6) is 0 Å². The summed E-state index contributed by atoms with van der Waals surface area (Å²) in [6.45, 7) is 0. The Morgan fingerprint density at radius 1 is 1.24 bits per heavy atom. The van der Waals surface area contributed by atoms with Crippen LogP contribution in [0.25, 0.3) is 10.9 Å². The van der Waals surface area contributed by atoms with Gasteiger partial charge in [0.2, 0.25) is 11.7 Å². The first-order valence-corrected chi connectivity index (χ1v) is 10.3. The van der Waals surface area contributed by atoms with Crippen LogP contribution in [-0.2, 0) is 21.5 Å². The van der Waals surface area contributed by atoms with Crippen molar-refractivity contribution >= 4 is 34.2 Å². The van der Waals surface area contributed by atoms with E-state index >= 15 is 0 Å². The van der Waals surface area contributed by atoms with Crippen LogP contribution in [0.2, 0.25) is 5.02 Å². The maximum absolute atomic E-state index is 13.2. The number of aliphatic imine (C=N–C) groups is 1. The molecule has 2 aromatic carbocycles. The molecule has 1 aliphatic heterocycles.